The van der Waals surface area contributed by atoms with E-state index in [2.05, 4.69) is 15.4 Å². The van der Waals surface area contributed by atoms with Crippen molar-refractivity contribution >= 4 is 28.9 Å². The molecule has 0 saturated carbocycles. The number of hydrogen-bond donors (Lipinski definition) is 2. The molecule has 124 valence electrons. The second-order valence-electron chi connectivity index (χ2n) is 4.15. The van der Waals surface area contributed by atoms with Crippen molar-refractivity contribution in [1.29, 1.82) is 0 Å². The lowest BCUT2D eigenvalue weighted by atomic mass is 10.2. The Morgan fingerprint density at radius 3 is 2.43 bits per heavy atom. The maximum absolute atomic E-state index is 11.5. The third kappa shape index (κ3) is 5.57. The van der Waals surface area contributed by atoms with Crippen LogP contribution in [0.5, 0.6) is 0 Å². The normalized spacial score (nSPS) is 9.78. The summed E-state index contributed by atoms with van der Waals surface area (Å²) >= 11 is 0. The Morgan fingerprint density at radius 1 is 1.17 bits per heavy atom. The third-order valence-corrected chi connectivity index (χ3v) is 2.56. The molecule has 11 heteroatoms. The molecule has 1 aromatic rings. The van der Waals surface area contributed by atoms with Gasteiger partial charge >= 0.3 is 5.97 Å². The number of hydrogen-bond acceptors (Lipinski definition) is 8. The number of anilines is 1. The van der Waals surface area contributed by atoms with E-state index in [1.54, 1.807) is 6.92 Å². The topological polar surface area (TPSA) is 154 Å². The summed E-state index contributed by atoms with van der Waals surface area (Å²) in [6, 6.07) is 3.00. The van der Waals surface area contributed by atoms with E-state index < -0.39 is 33.1 Å². The van der Waals surface area contributed by atoms with E-state index >= 15 is 0 Å². The fourth-order valence-electron chi connectivity index (χ4n) is 1.55. The number of carbonyl (C=O) groups excluding carboxylic acids is 2. The number of non-ortho nitro benzene ring substituents is 1. The third-order valence-electron chi connectivity index (χ3n) is 2.56. The van der Waals surface area contributed by atoms with Crippen molar-refractivity contribution in [2.75, 3.05) is 25.0 Å². The first kappa shape index (κ1) is 17.8. The molecule has 0 aliphatic heterocycles. The van der Waals surface area contributed by atoms with E-state index in [1.807, 2.05) is 0 Å². The van der Waals surface area contributed by atoms with Gasteiger partial charge in [0.2, 0.25) is 5.91 Å². The highest BCUT2D eigenvalue weighted by Gasteiger charge is 2.19. The molecule has 1 aromatic carbocycles. The monoisotopic (exact) mass is 326 g/mol. The van der Waals surface area contributed by atoms with Crippen molar-refractivity contribution in [3.63, 3.8) is 0 Å². The molecule has 0 aromatic heterocycles. The molecule has 1 amide bonds. The second kappa shape index (κ2) is 8.26. The highest BCUT2D eigenvalue weighted by Crippen LogP contribution is 2.28. The molecular weight excluding hydrogens is 312 g/mol. The number of ether oxygens (including phenoxy) is 1. The first-order chi connectivity index (χ1) is 10.8. The standard InChI is InChI=1S/C12H14N4O7/c1-2-23-12(18)7-14-11(17)6-13-9-4-3-8(15(19)20)5-10(9)16(21)22/h3-5,13H,2,6-7H2,1H3,(H,14,17). The van der Waals surface area contributed by atoms with E-state index in [9.17, 15) is 29.8 Å². The quantitative estimate of drug-likeness (QED) is 0.400. The van der Waals surface area contributed by atoms with Crippen LogP contribution in [0.3, 0.4) is 0 Å². The van der Waals surface area contributed by atoms with Gasteiger partial charge in [-0.1, -0.05) is 0 Å². The Hall–Kier alpha value is -3.24. The molecule has 11 nitrogen and oxygen atoms in total. The zero-order chi connectivity index (χ0) is 17.4. The van der Waals surface area contributed by atoms with Crippen LogP contribution in [0, 0.1) is 20.2 Å². The average molecular weight is 326 g/mol. The molecule has 0 bridgehead atoms. The predicted molar refractivity (Wildman–Crippen MR) is 77.9 cm³/mol. The number of nitro benzene ring substituents is 2. The van der Waals surface area contributed by atoms with Crippen molar-refractivity contribution in [1.82, 2.24) is 5.32 Å². The summed E-state index contributed by atoms with van der Waals surface area (Å²) in [4.78, 5) is 42.5. The van der Waals surface area contributed by atoms with E-state index in [1.165, 1.54) is 0 Å². The highest BCUT2D eigenvalue weighted by atomic mass is 16.6. The van der Waals surface area contributed by atoms with Gasteiger partial charge in [0, 0.05) is 6.07 Å². The van der Waals surface area contributed by atoms with Gasteiger partial charge in [-0.25, -0.2) is 0 Å². The minimum Gasteiger partial charge on any atom is -0.465 e. The Balaban J connectivity index is 2.66. The lowest BCUT2D eigenvalue weighted by molar-refractivity contribution is -0.393. The summed E-state index contributed by atoms with van der Waals surface area (Å²) < 4.78 is 4.61. The van der Waals surface area contributed by atoms with Crippen LogP contribution >= 0.6 is 0 Å². The van der Waals surface area contributed by atoms with Crippen molar-refractivity contribution in [3.05, 3.63) is 38.4 Å². The number of nitro groups is 2. The van der Waals surface area contributed by atoms with Crippen LogP contribution in [0.2, 0.25) is 0 Å². The number of amides is 1. The number of nitrogens with one attached hydrogen (secondary N) is 2. The molecule has 0 heterocycles. The number of rotatable bonds is 8. The second-order valence-corrected chi connectivity index (χ2v) is 4.15. The van der Waals surface area contributed by atoms with Gasteiger partial charge in [0.25, 0.3) is 11.4 Å². The lowest BCUT2D eigenvalue weighted by Crippen LogP contribution is -2.34. The van der Waals surface area contributed by atoms with Gasteiger partial charge in [-0.05, 0) is 13.0 Å². The molecule has 0 atom stereocenters. The summed E-state index contributed by atoms with van der Waals surface area (Å²) in [5.74, 6) is -1.20. The van der Waals surface area contributed by atoms with Crippen LogP contribution in [0.25, 0.3) is 0 Å². The van der Waals surface area contributed by atoms with Crippen molar-refractivity contribution in [2.24, 2.45) is 0 Å². The van der Waals surface area contributed by atoms with Crippen LogP contribution in [0.15, 0.2) is 18.2 Å². The first-order valence-electron chi connectivity index (χ1n) is 6.44. The number of esters is 1. The van der Waals surface area contributed by atoms with Crippen molar-refractivity contribution < 1.29 is 24.2 Å². The van der Waals surface area contributed by atoms with Gasteiger partial charge in [-0.2, -0.15) is 0 Å². The lowest BCUT2D eigenvalue weighted by Gasteiger charge is -2.08. The van der Waals surface area contributed by atoms with Gasteiger partial charge in [0.15, 0.2) is 0 Å². The fraction of sp³-hybridized carbons (Fsp3) is 0.333. The minimum absolute atomic E-state index is 0.0492. The van der Waals surface area contributed by atoms with Gasteiger partial charge in [-0.15, -0.1) is 0 Å². The van der Waals surface area contributed by atoms with Crippen LogP contribution in [0.1, 0.15) is 6.92 Å². The Labute approximate surface area is 129 Å². The summed E-state index contributed by atoms with van der Waals surface area (Å²) in [6.07, 6.45) is 0. The number of benzene rings is 1. The van der Waals surface area contributed by atoms with Crippen LogP contribution < -0.4 is 10.6 Å². The maximum atomic E-state index is 11.5. The van der Waals surface area contributed by atoms with Gasteiger partial charge in [0.1, 0.15) is 12.2 Å². The van der Waals surface area contributed by atoms with Gasteiger partial charge in [0.05, 0.1) is 29.1 Å². The molecule has 0 spiro atoms. The largest absolute Gasteiger partial charge is 0.465 e. The van der Waals surface area contributed by atoms with Crippen LogP contribution in [-0.4, -0.2) is 41.4 Å². The molecule has 1 rings (SSSR count). The summed E-state index contributed by atoms with van der Waals surface area (Å²) in [5.41, 5.74) is -1.02. The molecule has 0 unspecified atom stereocenters. The van der Waals surface area contributed by atoms with E-state index in [4.69, 9.17) is 0 Å². The summed E-state index contributed by atoms with van der Waals surface area (Å²) in [6.45, 7) is 1.13. The molecule has 23 heavy (non-hydrogen) atoms. The summed E-state index contributed by atoms with van der Waals surface area (Å²) in [7, 11) is 0. The molecule has 0 radical (unpaired) electrons. The average Bonchev–Trinajstić information content (AvgIpc) is 2.50. The Morgan fingerprint density at radius 2 is 1.87 bits per heavy atom. The zero-order valence-corrected chi connectivity index (χ0v) is 12.1. The summed E-state index contributed by atoms with van der Waals surface area (Å²) in [5, 5.41) is 26.3. The van der Waals surface area contributed by atoms with E-state index in [0.29, 0.717) is 0 Å². The smallest absolute Gasteiger partial charge is 0.325 e. The first-order valence-corrected chi connectivity index (χ1v) is 6.44. The molecule has 0 fully saturated rings. The zero-order valence-electron chi connectivity index (χ0n) is 12.1. The number of nitrogens with zero attached hydrogens (tertiary/aromatic N) is 2. The predicted octanol–water partition coefficient (Wildman–Crippen LogP) is 0.594. The van der Waals surface area contributed by atoms with E-state index in [-0.39, 0.29) is 25.4 Å². The molecule has 0 aliphatic carbocycles. The fourth-order valence-corrected chi connectivity index (χ4v) is 1.55. The van der Waals surface area contributed by atoms with Gasteiger partial charge < -0.3 is 15.4 Å². The van der Waals surface area contributed by atoms with Gasteiger partial charge in [-0.3, -0.25) is 29.8 Å². The number of carbonyl (C=O) groups is 2. The van der Waals surface area contributed by atoms with Crippen molar-refractivity contribution in [2.45, 2.75) is 6.92 Å². The highest BCUT2D eigenvalue weighted by molar-refractivity contribution is 5.85. The Kier molecular flexibility index (Phi) is 6.40. The minimum atomic E-state index is -0.800. The SMILES string of the molecule is CCOC(=O)CNC(=O)CNc1ccc([N+](=O)[O-])cc1[N+](=O)[O-]. The van der Waals surface area contributed by atoms with Crippen molar-refractivity contribution in [3.8, 4) is 0 Å². The van der Waals surface area contributed by atoms with Crippen LogP contribution in [-0.2, 0) is 14.3 Å². The molecular formula is C12H14N4O7. The molecule has 0 saturated heterocycles. The Bertz CT molecular complexity index is 632. The van der Waals surface area contributed by atoms with E-state index in [0.717, 1.165) is 18.2 Å². The molecule has 2 N–H and O–H groups in total. The maximum Gasteiger partial charge on any atom is 0.325 e. The molecule has 0 aliphatic rings. The van der Waals surface area contributed by atoms with Crippen LogP contribution in [0.4, 0.5) is 17.1 Å².